The molecule has 1 aliphatic rings. The van der Waals surface area contributed by atoms with Gasteiger partial charge >= 0.3 is 5.97 Å². The average molecular weight is 353 g/mol. The number of carbonyl (C=O) groups is 2. The molecule has 1 unspecified atom stereocenters. The largest absolute Gasteiger partial charge is 0.497 e. The van der Waals surface area contributed by atoms with Gasteiger partial charge in [-0.1, -0.05) is 30.7 Å². The predicted molar refractivity (Wildman–Crippen MR) is 99.8 cm³/mol. The van der Waals surface area contributed by atoms with Crippen LogP contribution in [-0.2, 0) is 11.3 Å². The monoisotopic (exact) mass is 353 g/mol. The average Bonchev–Trinajstić information content (AvgIpc) is 2.67. The molecule has 0 spiro atoms. The number of anilines is 1. The minimum Gasteiger partial charge on any atom is -0.497 e. The highest BCUT2D eigenvalue weighted by molar-refractivity contribution is 5.96. The number of benzene rings is 2. The van der Waals surface area contributed by atoms with Gasteiger partial charge in [-0.2, -0.15) is 0 Å². The van der Waals surface area contributed by atoms with Gasteiger partial charge in [0.05, 0.1) is 24.4 Å². The molecule has 1 saturated carbocycles. The number of hydrogen-bond acceptors (Lipinski definition) is 4. The van der Waals surface area contributed by atoms with E-state index in [1.54, 1.807) is 25.3 Å². The zero-order chi connectivity index (χ0) is 18.5. The molecule has 5 nitrogen and oxygen atoms in total. The summed E-state index contributed by atoms with van der Waals surface area (Å²) in [6.07, 6.45) is 3.19. The van der Waals surface area contributed by atoms with Crippen LogP contribution in [0.5, 0.6) is 5.75 Å². The van der Waals surface area contributed by atoms with Crippen molar-refractivity contribution in [1.29, 1.82) is 0 Å². The Morgan fingerprint density at radius 2 is 1.88 bits per heavy atom. The van der Waals surface area contributed by atoms with Crippen LogP contribution in [-0.4, -0.2) is 30.0 Å². The molecule has 1 atom stereocenters. The predicted octanol–water partition coefficient (Wildman–Crippen LogP) is 3.91. The second-order valence-electron chi connectivity index (χ2n) is 6.53. The SMILES string of the molecule is COc1ccc(CN(c2ccccc2C(=O)O)C2CCCCC2=O)cc1. The molecule has 136 valence electrons. The number of para-hydroxylation sites is 1. The lowest BCUT2D eigenvalue weighted by Crippen LogP contribution is -2.43. The Morgan fingerprint density at radius 3 is 2.54 bits per heavy atom. The van der Waals surface area contributed by atoms with Crippen molar-refractivity contribution in [2.75, 3.05) is 12.0 Å². The molecule has 0 heterocycles. The molecular weight excluding hydrogens is 330 g/mol. The summed E-state index contributed by atoms with van der Waals surface area (Å²) in [5, 5.41) is 9.59. The summed E-state index contributed by atoms with van der Waals surface area (Å²) in [6, 6.07) is 14.3. The third-order valence-corrected chi connectivity index (χ3v) is 4.85. The van der Waals surface area contributed by atoms with Crippen molar-refractivity contribution < 1.29 is 19.4 Å². The van der Waals surface area contributed by atoms with Gasteiger partial charge in [0.1, 0.15) is 5.75 Å². The maximum absolute atomic E-state index is 12.6. The van der Waals surface area contributed by atoms with E-state index < -0.39 is 5.97 Å². The van der Waals surface area contributed by atoms with Crippen LogP contribution in [0.15, 0.2) is 48.5 Å². The Kier molecular flexibility index (Phi) is 5.56. The zero-order valence-corrected chi connectivity index (χ0v) is 14.9. The van der Waals surface area contributed by atoms with Gasteiger partial charge in [-0.15, -0.1) is 0 Å². The summed E-state index contributed by atoms with van der Waals surface area (Å²) >= 11 is 0. The number of methoxy groups -OCH3 is 1. The van der Waals surface area contributed by atoms with E-state index >= 15 is 0 Å². The lowest BCUT2D eigenvalue weighted by molar-refractivity contribution is -0.121. The molecule has 3 rings (SSSR count). The number of aromatic carboxylic acids is 1. The van der Waals surface area contributed by atoms with E-state index in [9.17, 15) is 14.7 Å². The molecular formula is C21H23NO4. The van der Waals surface area contributed by atoms with Crippen molar-refractivity contribution >= 4 is 17.4 Å². The van der Waals surface area contributed by atoms with Gasteiger partial charge in [-0.3, -0.25) is 4.79 Å². The number of ketones is 1. The molecule has 0 aliphatic heterocycles. The van der Waals surface area contributed by atoms with Crippen LogP contribution < -0.4 is 9.64 Å². The van der Waals surface area contributed by atoms with Gasteiger partial charge in [0, 0.05) is 13.0 Å². The standard InChI is InChI=1S/C21H23NO4/c1-26-16-12-10-15(11-13-16)14-22(19-8-4-5-9-20(19)23)18-7-3-2-6-17(18)21(24)25/h2-3,6-7,10-13,19H,4-5,8-9,14H2,1H3,(H,24,25). The third kappa shape index (κ3) is 3.87. The van der Waals surface area contributed by atoms with E-state index in [-0.39, 0.29) is 17.4 Å². The van der Waals surface area contributed by atoms with Gasteiger partial charge in [0.15, 0.2) is 5.78 Å². The van der Waals surface area contributed by atoms with E-state index in [0.29, 0.717) is 18.7 Å². The molecule has 0 saturated heterocycles. The Bertz CT molecular complexity index is 785. The first-order valence-electron chi connectivity index (χ1n) is 8.85. The Balaban J connectivity index is 1.98. The second kappa shape index (κ2) is 8.04. The lowest BCUT2D eigenvalue weighted by Gasteiger charge is -2.36. The molecule has 2 aromatic rings. The van der Waals surface area contributed by atoms with Crippen LogP contribution in [0.3, 0.4) is 0 Å². The molecule has 0 bridgehead atoms. The molecule has 26 heavy (non-hydrogen) atoms. The highest BCUT2D eigenvalue weighted by atomic mass is 16.5. The van der Waals surface area contributed by atoms with Gasteiger partial charge < -0.3 is 14.7 Å². The molecule has 0 aromatic heterocycles. The van der Waals surface area contributed by atoms with Crippen LogP contribution in [0.1, 0.15) is 41.6 Å². The molecule has 1 N–H and O–H groups in total. The van der Waals surface area contributed by atoms with Crippen molar-refractivity contribution in [1.82, 2.24) is 0 Å². The van der Waals surface area contributed by atoms with E-state index in [0.717, 1.165) is 30.6 Å². The number of Topliss-reactive ketones (excluding diaryl/α,β-unsaturated/α-hetero) is 1. The summed E-state index contributed by atoms with van der Waals surface area (Å²) in [6.45, 7) is 0.477. The second-order valence-corrected chi connectivity index (χ2v) is 6.53. The number of carbonyl (C=O) groups excluding carboxylic acids is 1. The van der Waals surface area contributed by atoms with Crippen LogP contribution in [0.4, 0.5) is 5.69 Å². The smallest absolute Gasteiger partial charge is 0.337 e. The first kappa shape index (κ1) is 18.0. The maximum atomic E-state index is 12.6. The van der Waals surface area contributed by atoms with Crippen LogP contribution in [0.2, 0.25) is 0 Å². The van der Waals surface area contributed by atoms with Gasteiger partial charge in [0.2, 0.25) is 0 Å². The lowest BCUT2D eigenvalue weighted by atomic mass is 9.91. The van der Waals surface area contributed by atoms with Crippen LogP contribution in [0, 0.1) is 0 Å². The quantitative estimate of drug-likeness (QED) is 0.853. The highest BCUT2D eigenvalue weighted by Gasteiger charge is 2.30. The summed E-state index contributed by atoms with van der Waals surface area (Å²) in [4.78, 5) is 26.2. The number of ether oxygens (including phenoxy) is 1. The summed E-state index contributed by atoms with van der Waals surface area (Å²) in [7, 11) is 1.62. The maximum Gasteiger partial charge on any atom is 0.337 e. The van der Waals surface area contributed by atoms with E-state index in [1.807, 2.05) is 35.2 Å². The van der Waals surface area contributed by atoms with Crippen molar-refractivity contribution in [2.45, 2.75) is 38.3 Å². The van der Waals surface area contributed by atoms with E-state index in [2.05, 4.69) is 0 Å². The number of carboxylic acids is 1. The highest BCUT2D eigenvalue weighted by Crippen LogP contribution is 2.30. The molecule has 1 aliphatic carbocycles. The van der Waals surface area contributed by atoms with E-state index in [4.69, 9.17) is 4.74 Å². The van der Waals surface area contributed by atoms with Gasteiger partial charge in [-0.25, -0.2) is 4.79 Å². The molecule has 0 amide bonds. The number of rotatable bonds is 6. The number of carboxylic acid groups (broad SMARTS) is 1. The number of nitrogens with zero attached hydrogens (tertiary/aromatic N) is 1. The van der Waals surface area contributed by atoms with Crippen LogP contribution in [0.25, 0.3) is 0 Å². The Morgan fingerprint density at radius 1 is 1.15 bits per heavy atom. The molecule has 1 fully saturated rings. The zero-order valence-electron chi connectivity index (χ0n) is 14.9. The fraction of sp³-hybridized carbons (Fsp3) is 0.333. The van der Waals surface area contributed by atoms with Gasteiger partial charge in [-0.05, 0) is 42.7 Å². The first-order chi connectivity index (χ1) is 12.6. The number of hydrogen-bond donors (Lipinski definition) is 1. The minimum absolute atomic E-state index is 0.185. The Hall–Kier alpha value is -2.82. The first-order valence-corrected chi connectivity index (χ1v) is 8.85. The molecule has 5 heteroatoms. The summed E-state index contributed by atoms with van der Waals surface area (Å²) in [5.74, 6) is -0.0338. The third-order valence-electron chi connectivity index (χ3n) is 4.85. The molecule has 2 aromatic carbocycles. The minimum atomic E-state index is -0.983. The van der Waals surface area contributed by atoms with Gasteiger partial charge in [0.25, 0.3) is 0 Å². The Labute approximate surface area is 153 Å². The normalized spacial score (nSPS) is 17.0. The van der Waals surface area contributed by atoms with E-state index in [1.165, 1.54) is 0 Å². The van der Waals surface area contributed by atoms with Crippen molar-refractivity contribution in [2.24, 2.45) is 0 Å². The van der Waals surface area contributed by atoms with Crippen molar-refractivity contribution in [3.05, 3.63) is 59.7 Å². The molecule has 0 radical (unpaired) electrons. The summed E-state index contributed by atoms with van der Waals surface area (Å²) in [5.41, 5.74) is 1.82. The van der Waals surface area contributed by atoms with Crippen molar-refractivity contribution in [3.8, 4) is 5.75 Å². The van der Waals surface area contributed by atoms with Crippen molar-refractivity contribution in [3.63, 3.8) is 0 Å². The van der Waals surface area contributed by atoms with Crippen LogP contribution >= 0.6 is 0 Å². The summed E-state index contributed by atoms with van der Waals surface area (Å²) < 4.78 is 5.20. The fourth-order valence-electron chi connectivity index (χ4n) is 3.49. The fourth-order valence-corrected chi connectivity index (χ4v) is 3.49. The topological polar surface area (TPSA) is 66.8 Å².